The topological polar surface area (TPSA) is 71.9 Å². The van der Waals surface area contributed by atoms with Crippen molar-refractivity contribution in [1.82, 2.24) is 5.32 Å². The molecule has 0 fully saturated rings. The molecule has 1 atom stereocenters. The summed E-state index contributed by atoms with van der Waals surface area (Å²) in [5.74, 6) is 0.414. The smallest absolute Gasteiger partial charge is 0.279 e. The van der Waals surface area contributed by atoms with Crippen molar-refractivity contribution in [3.8, 4) is 5.75 Å². The average Bonchev–Trinajstić information content (AvgIpc) is 2.66. The first-order valence-electron chi connectivity index (χ1n) is 8.78. The molecule has 144 valence electrons. The van der Waals surface area contributed by atoms with Gasteiger partial charge in [0.15, 0.2) is 13.1 Å². The molecule has 2 rings (SSSR count). The lowest BCUT2D eigenvalue weighted by Gasteiger charge is -2.17. The molecule has 0 spiro atoms. The van der Waals surface area contributed by atoms with Crippen molar-refractivity contribution in [3.63, 3.8) is 0 Å². The number of quaternary nitrogens is 1. The molecule has 0 bridgehead atoms. The Kier molecular flexibility index (Phi) is 8.10. The average molecular weight is 391 g/mol. The van der Waals surface area contributed by atoms with E-state index >= 15 is 0 Å². The standard InChI is InChI=1S/C20H24ClN3O3/c1-3-24(13-19(25)22-12-15-6-4-7-16(21)10-15)14-20(26)23-17-8-5-9-18(11-17)27-2/h4-11H,3,12-14H2,1-2H3,(H,22,25)(H,23,26)/p+1. The summed E-state index contributed by atoms with van der Waals surface area (Å²) in [4.78, 5) is 25.3. The fourth-order valence-corrected chi connectivity index (χ4v) is 2.80. The van der Waals surface area contributed by atoms with E-state index in [0.717, 1.165) is 10.5 Å². The number of methoxy groups -OCH3 is 1. The number of likely N-dealkylation sites (N-methyl/N-ethyl adjacent to an activating group) is 1. The summed E-state index contributed by atoms with van der Waals surface area (Å²) in [5.41, 5.74) is 1.60. The van der Waals surface area contributed by atoms with Crippen molar-refractivity contribution in [2.75, 3.05) is 32.1 Å². The lowest BCUT2D eigenvalue weighted by Crippen LogP contribution is -3.13. The molecule has 0 radical (unpaired) electrons. The van der Waals surface area contributed by atoms with Crippen molar-refractivity contribution in [3.05, 3.63) is 59.1 Å². The Bertz CT molecular complexity index is 783. The number of rotatable bonds is 9. The van der Waals surface area contributed by atoms with Crippen molar-refractivity contribution < 1.29 is 19.2 Å². The molecule has 7 heteroatoms. The van der Waals surface area contributed by atoms with Crippen LogP contribution in [-0.4, -0.2) is 38.6 Å². The molecule has 0 heterocycles. The van der Waals surface area contributed by atoms with Crippen LogP contribution < -0.4 is 20.3 Å². The van der Waals surface area contributed by atoms with Gasteiger partial charge in [0.1, 0.15) is 5.75 Å². The van der Waals surface area contributed by atoms with Gasteiger partial charge in [-0.15, -0.1) is 0 Å². The molecule has 27 heavy (non-hydrogen) atoms. The van der Waals surface area contributed by atoms with Crippen LogP contribution in [0.1, 0.15) is 12.5 Å². The second kappa shape index (κ2) is 10.5. The molecule has 0 saturated heterocycles. The van der Waals surface area contributed by atoms with E-state index in [1.807, 2.05) is 37.3 Å². The van der Waals surface area contributed by atoms with Gasteiger partial charge >= 0.3 is 0 Å². The Balaban J connectivity index is 1.81. The quantitative estimate of drug-likeness (QED) is 0.607. The van der Waals surface area contributed by atoms with Gasteiger partial charge in [-0.05, 0) is 36.8 Å². The number of amides is 2. The van der Waals surface area contributed by atoms with E-state index in [-0.39, 0.29) is 24.9 Å². The molecule has 2 aromatic rings. The summed E-state index contributed by atoms with van der Waals surface area (Å²) in [7, 11) is 1.58. The number of nitrogens with one attached hydrogen (secondary N) is 3. The zero-order chi connectivity index (χ0) is 19.6. The molecule has 0 saturated carbocycles. The minimum absolute atomic E-state index is 0.110. The number of carbonyl (C=O) groups excluding carboxylic acids is 2. The van der Waals surface area contributed by atoms with Crippen LogP contribution in [0, 0.1) is 0 Å². The molecule has 3 N–H and O–H groups in total. The first kappa shape index (κ1) is 20.7. The highest BCUT2D eigenvalue weighted by atomic mass is 35.5. The van der Waals surface area contributed by atoms with E-state index in [1.54, 1.807) is 25.3 Å². The van der Waals surface area contributed by atoms with Gasteiger partial charge in [-0.2, -0.15) is 0 Å². The Morgan fingerprint density at radius 2 is 1.81 bits per heavy atom. The highest BCUT2D eigenvalue weighted by molar-refractivity contribution is 6.30. The first-order valence-corrected chi connectivity index (χ1v) is 9.16. The molecule has 0 aromatic heterocycles. The summed E-state index contributed by atoms with van der Waals surface area (Å²) in [6, 6.07) is 14.5. The summed E-state index contributed by atoms with van der Waals surface area (Å²) in [6.45, 7) is 3.45. The van der Waals surface area contributed by atoms with Gasteiger partial charge in [0.05, 0.1) is 13.7 Å². The van der Waals surface area contributed by atoms with E-state index < -0.39 is 0 Å². The Labute approximate surface area is 164 Å². The van der Waals surface area contributed by atoms with E-state index in [9.17, 15) is 9.59 Å². The molecule has 0 aliphatic carbocycles. The highest BCUT2D eigenvalue weighted by Crippen LogP contribution is 2.16. The van der Waals surface area contributed by atoms with Gasteiger partial charge in [0.2, 0.25) is 0 Å². The Morgan fingerprint density at radius 1 is 1.07 bits per heavy atom. The lowest BCUT2D eigenvalue weighted by molar-refractivity contribution is -0.881. The molecule has 2 amide bonds. The van der Waals surface area contributed by atoms with Crippen LogP contribution in [0.3, 0.4) is 0 Å². The monoisotopic (exact) mass is 390 g/mol. The minimum atomic E-state index is -0.150. The third kappa shape index (κ3) is 7.29. The molecular weight excluding hydrogens is 366 g/mol. The van der Waals surface area contributed by atoms with Gasteiger partial charge in [-0.1, -0.05) is 29.8 Å². The fourth-order valence-electron chi connectivity index (χ4n) is 2.58. The number of hydrogen-bond acceptors (Lipinski definition) is 3. The van der Waals surface area contributed by atoms with Crippen molar-refractivity contribution in [2.24, 2.45) is 0 Å². The van der Waals surface area contributed by atoms with E-state index in [4.69, 9.17) is 16.3 Å². The Morgan fingerprint density at radius 3 is 2.52 bits per heavy atom. The zero-order valence-corrected chi connectivity index (χ0v) is 16.3. The van der Waals surface area contributed by atoms with Gasteiger partial charge < -0.3 is 20.3 Å². The predicted octanol–water partition coefficient (Wildman–Crippen LogP) is 1.51. The molecule has 6 nitrogen and oxygen atoms in total. The number of hydrogen-bond donors (Lipinski definition) is 3. The summed E-state index contributed by atoms with van der Waals surface area (Å²) >= 11 is 5.94. The summed E-state index contributed by atoms with van der Waals surface area (Å²) < 4.78 is 5.14. The van der Waals surface area contributed by atoms with Crippen LogP contribution >= 0.6 is 11.6 Å². The maximum Gasteiger partial charge on any atom is 0.279 e. The van der Waals surface area contributed by atoms with Crippen LogP contribution in [0.2, 0.25) is 5.02 Å². The second-order valence-electron chi connectivity index (χ2n) is 6.14. The van der Waals surface area contributed by atoms with E-state index in [1.165, 1.54) is 0 Å². The van der Waals surface area contributed by atoms with Crippen LogP contribution in [0.25, 0.3) is 0 Å². The maximum absolute atomic E-state index is 12.3. The maximum atomic E-state index is 12.3. The van der Waals surface area contributed by atoms with Crippen LogP contribution in [0.15, 0.2) is 48.5 Å². The summed E-state index contributed by atoms with van der Waals surface area (Å²) in [5, 5.41) is 6.33. The van der Waals surface area contributed by atoms with Crippen LogP contribution in [0.5, 0.6) is 5.75 Å². The van der Waals surface area contributed by atoms with Crippen LogP contribution in [0.4, 0.5) is 5.69 Å². The van der Waals surface area contributed by atoms with E-state index in [0.29, 0.717) is 29.5 Å². The summed E-state index contributed by atoms with van der Waals surface area (Å²) in [6.07, 6.45) is 0. The normalized spacial score (nSPS) is 11.5. The third-order valence-electron chi connectivity index (χ3n) is 4.05. The first-order chi connectivity index (χ1) is 13.0. The number of benzene rings is 2. The molecule has 0 aliphatic heterocycles. The number of halogens is 1. The lowest BCUT2D eigenvalue weighted by atomic mass is 10.2. The SMILES string of the molecule is CC[NH+](CC(=O)NCc1cccc(Cl)c1)CC(=O)Nc1cccc(OC)c1. The predicted molar refractivity (Wildman–Crippen MR) is 106 cm³/mol. The van der Waals surface area contributed by atoms with Crippen LogP contribution in [-0.2, 0) is 16.1 Å². The Hall–Kier alpha value is -2.57. The number of carbonyl (C=O) groups is 2. The second-order valence-corrected chi connectivity index (χ2v) is 6.58. The van der Waals surface area contributed by atoms with Gasteiger partial charge in [0, 0.05) is 23.3 Å². The molecule has 2 aromatic carbocycles. The zero-order valence-electron chi connectivity index (χ0n) is 15.5. The van der Waals surface area contributed by atoms with Gasteiger partial charge in [0.25, 0.3) is 11.8 Å². The van der Waals surface area contributed by atoms with Crippen molar-refractivity contribution in [1.29, 1.82) is 0 Å². The van der Waals surface area contributed by atoms with Gasteiger partial charge in [-0.3, -0.25) is 9.59 Å². The molecule has 0 aliphatic rings. The number of ether oxygens (including phenoxy) is 1. The van der Waals surface area contributed by atoms with Crippen molar-refractivity contribution >= 4 is 29.1 Å². The van der Waals surface area contributed by atoms with E-state index in [2.05, 4.69) is 10.6 Å². The largest absolute Gasteiger partial charge is 0.497 e. The molecule has 1 unspecified atom stereocenters. The molecular formula is C20H25ClN3O3+. The highest BCUT2D eigenvalue weighted by Gasteiger charge is 2.16. The number of anilines is 1. The fraction of sp³-hybridized carbons (Fsp3) is 0.300. The third-order valence-corrected chi connectivity index (χ3v) is 4.29. The van der Waals surface area contributed by atoms with Gasteiger partial charge in [-0.25, -0.2) is 0 Å². The minimum Gasteiger partial charge on any atom is -0.497 e. The van der Waals surface area contributed by atoms with Crippen molar-refractivity contribution in [2.45, 2.75) is 13.5 Å².